The lowest BCUT2D eigenvalue weighted by Gasteiger charge is -2.10. The fraction of sp³-hybridized carbons (Fsp3) is 0.133. The van der Waals surface area contributed by atoms with Gasteiger partial charge < -0.3 is 5.73 Å². The largest absolute Gasteiger partial charge is 0.330 e. The Kier molecular flexibility index (Phi) is 4.89. The minimum Gasteiger partial charge on any atom is -0.330 e. The zero-order chi connectivity index (χ0) is 19.1. The molecule has 0 atom stereocenters. The van der Waals surface area contributed by atoms with Gasteiger partial charge in [0.15, 0.2) is 0 Å². The van der Waals surface area contributed by atoms with Crippen LogP contribution in [-0.4, -0.2) is 28.8 Å². The second-order valence-electron chi connectivity index (χ2n) is 5.35. The van der Waals surface area contributed by atoms with Gasteiger partial charge >= 0.3 is 0 Å². The number of imidazole rings is 1. The van der Waals surface area contributed by atoms with Crippen LogP contribution in [0.2, 0.25) is 10.0 Å². The molecule has 0 radical (unpaired) electrons. The van der Waals surface area contributed by atoms with Gasteiger partial charge in [0.2, 0.25) is 0 Å². The molecule has 0 aliphatic rings. The molecule has 0 aliphatic carbocycles. The van der Waals surface area contributed by atoms with Gasteiger partial charge in [0.05, 0.1) is 30.9 Å². The van der Waals surface area contributed by atoms with E-state index in [4.69, 9.17) is 28.9 Å². The van der Waals surface area contributed by atoms with Gasteiger partial charge in [0, 0.05) is 18.6 Å². The van der Waals surface area contributed by atoms with Crippen molar-refractivity contribution in [3.05, 3.63) is 62.4 Å². The van der Waals surface area contributed by atoms with Crippen LogP contribution < -0.4 is 5.73 Å². The first-order valence-electron chi connectivity index (χ1n) is 7.32. The van der Waals surface area contributed by atoms with Crippen molar-refractivity contribution in [3.63, 3.8) is 0 Å². The maximum absolute atomic E-state index is 13.2. The molecule has 11 heteroatoms. The highest BCUT2D eigenvalue weighted by Crippen LogP contribution is 2.31. The molecule has 0 saturated carbocycles. The number of nitrogens with two attached hydrogens (primary N) is 1. The molecule has 3 aromatic rings. The summed E-state index contributed by atoms with van der Waals surface area (Å²) in [6.07, 6.45) is 0.179. The predicted octanol–water partition coefficient (Wildman–Crippen LogP) is 2.99. The molecular weight excluding hydrogens is 403 g/mol. The molecule has 0 saturated heterocycles. The quantitative estimate of drug-likeness (QED) is 0.505. The molecule has 0 aliphatic heterocycles. The number of fused-ring (bicyclic) bond motifs is 1. The van der Waals surface area contributed by atoms with Crippen LogP contribution >= 0.6 is 23.2 Å². The van der Waals surface area contributed by atoms with E-state index in [2.05, 4.69) is 4.98 Å². The average Bonchev–Trinajstić information content (AvgIpc) is 2.93. The molecular formula is C15H12Cl2N4O4S. The highest BCUT2D eigenvalue weighted by Gasteiger charge is 2.26. The Balaban J connectivity index is 2.31. The number of hydrogen-bond donors (Lipinski definition) is 1. The summed E-state index contributed by atoms with van der Waals surface area (Å²) >= 11 is 12.0. The normalized spacial score (nSPS) is 11.8. The summed E-state index contributed by atoms with van der Waals surface area (Å²) in [7, 11) is -4.17. The number of nitro benzene ring substituents is 1. The van der Waals surface area contributed by atoms with Crippen molar-refractivity contribution in [2.75, 3.05) is 6.54 Å². The van der Waals surface area contributed by atoms with E-state index in [9.17, 15) is 18.5 Å². The molecule has 0 bridgehead atoms. The van der Waals surface area contributed by atoms with Gasteiger partial charge in [0.1, 0.15) is 5.82 Å². The fourth-order valence-corrected chi connectivity index (χ4v) is 4.38. The summed E-state index contributed by atoms with van der Waals surface area (Å²) in [5, 5.41) is 11.4. The first-order valence-corrected chi connectivity index (χ1v) is 9.52. The van der Waals surface area contributed by atoms with E-state index < -0.39 is 14.9 Å². The van der Waals surface area contributed by atoms with Crippen LogP contribution in [0.15, 0.2) is 41.3 Å². The summed E-state index contributed by atoms with van der Waals surface area (Å²) in [6, 6.07) is 7.63. The minimum absolute atomic E-state index is 0.161. The Bertz CT molecular complexity index is 1130. The number of halogens is 2. The van der Waals surface area contributed by atoms with E-state index in [-0.39, 0.29) is 44.9 Å². The van der Waals surface area contributed by atoms with E-state index in [0.29, 0.717) is 5.52 Å². The van der Waals surface area contributed by atoms with Crippen molar-refractivity contribution in [2.24, 2.45) is 5.73 Å². The van der Waals surface area contributed by atoms with Crippen molar-refractivity contribution in [1.82, 2.24) is 8.96 Å². The highest BCUT2D eigenvalue weighted by molar-refractivity contribution is 7.90. The van der Waals surface area contributed by atoms with E-state index in [0.717, 1.165) is 10.0 Å². The number of aromatic nitrogens is 2. The van der Waals surface area contributed by atoms with Crippen LogP contribution in [-0.2, 0) is 16.4 Å². The summed E-state index contributed by atoms with van der Waals surface area (Å²) in [4.78, 5) is 14.3. The monoisotopic (exact) mass is 414 g/mol. The second-order valence-corrected chi connectivity index (χ2v) is 7.95. The number of benzene rings is 2. The molecule has 0 fully saturated rings. The fourth-order valence-electron chi connectivity index (χ4n) is 2.52. The Morgan fingerprint density at radius 3 is 2.54 bits per heavy atom. The van der Waals surface area contributed by atoms with Gasteiger partial charge in [0.25, 0.3) is 15.7 Å². The third-order valence-corrected chi connectivity index (χ3v) is 6.11. The lowest BCUT2D eigenvalue weighted by Crippen LogP contribution is -2.18. The van der Waals surface area contributed by atoms with Crippen LogP contribution in [0, 0.1) is 10.1 Å². The van der Waals surface area contributed by atoms with Gasteiger partial charge in [-0.25, -0.2) is 17.4 Å². The zero-order valence-corrected chi connectivity index (χ0v) is 15.4. The first kappa shape index (κ1) is 18.6. The molecule has 8 nitrogen and oxygen atoms in total. The molecule has 1 heterocycles. The van der Waals surface area contributed by atoms with E-state index >= 15 is 0 Å². The molecule has 136 valence electrons. The summed E-state index contributed by atoms with van der Waals surface area (Å²) in [6.45, 7) is 0.162. The summed E-state index contributed by atoms with van der Waals surface area (Å²) in [5.74, 6) is 0.187. The Labute approximate surface area is 158 Å². The Morgan fingerprint density at radius 2 is 1.88 bits per heavy atom. The predicted molar refractivity (Wildman–Crippen MR) is 98.2 cm³/mol. The SMILES string of the molecule is NCCc1nc2cc(Cl)c(Cl)cc2n1S(=O)(=O)c1cccc([N+](=O)[O-])c1. The van der Waals surface area contributed by atoms with E-state index in [1.165, 1.54) is 30.3 Å². The van der Waals surface area contributed by atoms with Crippen LogP contribution in [0.3, 0.4) is 0 Å². The number of rotatable bonds is 5. The van der Waals surface area contributed by atoms with Gasteiger partial charge in [-0.1, -0.05) is 29.3 Å². The average molecular weight is 415 g/mol. The number of non-ortho nitro benzene ring substituents is 1. The number of hydrogen-bond acceptors (Lipinski definition) is 6. The molecule has 0 spiro atoms. The minimum atomic E-state index is -4.17. The number of nitrogens with zero attached hydrogens (tertiary/aromatic N) is 3. The first-order chi connectivity index (χ1) is 12.3. The maximum atomic E-state index is 13.2. The van der Waals surface area contributed by atoms with Crippen LogP contribution in [0.25, 0.3) is 11.0 Å². The van der Waals surface area contributed by atoms with Gasteiger partial charge in [-0.15, -0.1) is 0 Å². The van der Waals surface area contributed by atoms with Crippen LogP contribution in [0.4, 0.5) is 5.69 Å². The van der Waals surface area contributed by atoms with Crippen LogP contribution in [0.5, 0.6) is 0 Å². The van der Waals surface area contributed by atoms with E-state index in [1.54, 1.807) is 0 Å². The standard InChI is InChI=1S/C15H12Cl2N4O4S/c16-11-7-13-14(8-12(11)17)20(15(19-13)4-5-18)26(24,25)10-3-1-2-9(6-10)21(22)23/h1-3,6-8H,4-5,18H2. The summed E-state index contributed by atoms with van der Waals surface area (Å²) < 4.78 is 27.3. The zero-order valence-electron chi connectivity index (χ0n) is 13.1. The number of nitro groups is 1. The van der Waals surface area contributed by atoms with Crippen molar-refractivity contribution in [2.45, 2.75) is 11.3 Å². The molecule has 3 rings (SSSR count). The third-order valence-electron chi connectivity index (χ3n) is 3.65. The second kappa shape index (κ2) is 6.84. The lowest BCUT2D eigenvalue weighted by molar-refractivity contribution is -0.385. The van der Waals surface area contributed by atoms with Crippen molar-refractivity contribution < 1.29 is 13.3 Å². The van der Waals surface area contributed by atoms with Gasteiger partial charge in [-0.3, -0.25) is 10.1 Å². The smallest absolute Gasteiger partial charge is 0.270 e. The molecule has 2 N–H and O–H groups in total. The van der Waals surface area contributed by atoms with Gasteiger partial charge in [-0.2, -0.15) is 0 Å². The molecule has 0 amide bonds. The van der Waals surface area contributed by atoms with Crippen molar-refractivity contribution in [3.8, 4) is 0 Å². The molecule has 1 aromatic heterocycles. The third kappa shape index (κ3) is 3.14. The molecule has 26 heavy (non-hydrogen) atoms. The molecule has 0 unspecified atom stereocenters. The van der Waals surface area contributed by atoms with Gasteiger partial charge in [-0.05, 0) is 24.7 Å². The highest BCUT2D eigenvalue weighted by atomic mass is 35.5. The lowest BCUT2D eigenvalue weighted by atomic mass is 10.3. The van der Waals surface area contributed by atoms with Crippen LogP contribution in [0.1, 0.15) is 5.82 Å². The van der Waals surface area contributed by atoms with Crippen molar-refractivity contribution in [1.29, 1.82) is 0 Å². The van der Waals surface area contributed by atoms with E-state index in [1.807, 2.05) is 0 Å². The topological polar surface area (TPSA) is 121 Å². The Morgan fingerprint density at radius 1 is 1.19 bits per heavy atom. The van der Waals surface area contributed by atoms with Crippen molar-refractivity contribution >= 4 is 49.9 Å². The molecule has 2 aromatic carbocycles. The summed E-state index contributed by atoms with van der Waals surface area (Å²) in [5.41, 5.74) is 5.78. The maximum Gasteiger partial charge on any atom is 0.270 e. The Hall–Kier alpha value is -2.20.